The maximum Gasteiger partial charge on any atom is 0.102 e. The van der Waals surface area contributed by atoms with Crippen molar-refractivity contribution in [2.45, 2.75) is 50.8 Å². The van der Waals surface area contributed by atoms with Gasteiger partial charge >= 0.3 is 0 Å². The molecule has 1 N–H and O–H groups in total. The lowest BCUT2D eigenvalue weighted by atomic mass is 9.78. The highest BCUT2D eigenvalue weighted by atomic mass is 32.2. The van der Waals surface area contributed by atoms with Gasteiger partial charge in [-0.05, 0) is 49.0 Å². The Morgan fingerprint density at radius 1 is 1.33 bits per heavy atom. The molecular formula is C18H26N2S. The zero-order chi connectivity index (χ0) is 15.3. The van der Waals surface area contributed by atoms with E-state index in [4.69, 9.17) is 0 Å². The van der Waals surface area contributed by atoms with Gasteiger partial charge in [0, 0.05) is 11.4 Å². The van der Waals surface area contributed by atoms with E-state index in [1.54, 1.807) is 11.8 Å². The fraction of sp³-hybridized carbons (Fsp3) is 0.611. The molecule has 1 fully saturated rings. The minimum Gasteiger partial charge on any atom is -0.383 e. The quantitative estimate of drug-likeness (QED) is 0.724. The van der Waals surface area contributed by atoms with Gasteiger partial charge in [-0.1, -0.05) is 32.8 Å². The number of anilines is 1. The Hall–Kier alpha value is -1.14. The number of hydrogen-bond donors (Lipinski definition) is 1. The van der Waals surface area contributed by atoms with Gasteiger partial charge in [0.15, 0.2) is 0 Å². The number of rotatable bonds is 6. The topological polar surface area (TPSA) is 35.8 Å². The van der Waals surface area contributed by atoms with Crippen LogP contribution in [0.3, 0.4) is 0 Å². The van der Waals surface area contributed by atoms with Gasteiger partial charge in [0.1, 0.15) is 6.07 Å². The van der Waals surface area contributed by atoms with Gasteiger partial charge < -0.3 is 5.32 Å². The lowest BCUT2D eigenvalue weighted by Gasteiger charge is -2.32. The second-order valence-electron chi connectivity index (χ2n) is 6.65. The molecule has 0 aromatic heterocycles. The van der Waals surface area contributed by atoms with Crippen LogP contribution in [-0.4, -0.2) is 12.8 Å². The van der Waals surface area contributed by atoms with Crippen molar-refractivity contribution in [3.8, 4) is 6.07 Å². The Labute approximate surface area is 133 Å². The summed E-state index contributed by atoms with van der Waals surface area (Å²) >= 11 is 1.64. The molecule has 0 heterocycles. The zero-order valence-electron chi connectivity index (χ0n) is 13.4. The molecule has 0 aliphatic heterocycles. The molecule has 0 radical (unpaired) electrons. The molecule has 3 heteroatoms. The van der Waals surface area contributed by atoms with Crippen molar-refractivity contribution < 1.29 is 0 Å². The fourth-order valence-electron chi connectivity index (χ4n) is 3.69. The Kier molecular flexibility index (Phi) is 5.58. The lowest BCUT2D eigenvalue weighted by Crippen LogP contribution is -2.28. The molecule has 21 heavy (non-hydrogen) atoms. The number of nitriles is 1. The van der Waals surface area contributed by atoms with Crippen molar-refractivity contribution in [1.29, 1.82) is 5.26 Å². The first-order valence-electron chi connectivity index (χ1n) is 7.91. The first-order chi connectivity index (χ1) is 10.1. The average Bonchev–Trinajstić information content (AvgIpc) is 2.92. The summed E-state index contributed by atoms with van der Waals surface area (Å²) < 4.78 is 0. The molecule has 0 saturated heterocycles. The molecule has 1 aliphatic carbocycles. The summed E-state index contributed by atoms with van der Waals surface area (Å²) in [5.41, 5.74) is 2.22. The predicted octanol–water partition coefficient (Wildman–Crippen LogP) is 5.30. The van der Waals surface area contributed by atoms with E-state index in [0.29, 0.717) is 5.41 Å². The number of thioether (sulfide) groups is 1. The van der Waals surface area contributed by atoms with Crippen LogP contribution < -0.4 is 5.32 Å². The van der Waals surface area contributed by atoms with E-state index in [9.17, 15) is 5.26 Å². The normalized spacial score (nSPS) is 16.9. The van der Waals surface area contributed by atoms with Crippen LogP contribution in [0.25, 0.3) is 0 Å². The molecule has 2 nitrogen and oxygen atoms in total. The van der Waals surface area contributed by atoms with Crippen molar-refractivity contribution in [1.82, 2.24) is 0 Å². The fourth-order valence-corrected chi connectivity index (χ4v) is 4.27. The molecule has 1 saturated carbocycles. The lowest BCUT2D eigenvalue weighted by molar-refractivity contribution is 0.252. The summed E-state index contributed by atoms with van der Waals surface area (Å²) in [5.74, 6) is 0.734. The third kappa shape index (κ3) is 3.95. The molecule has 0 spiro atoms. The van der Waals surface area contributed by atoms with Crippen LogP contribution >= 0.6 is 11.8 Å². The highest BCUT2D eigenvalue weighted by molar-refractivity contribution is 7.98. The maximum atomic E-state index is 9.43. The van der Waals surface area contributed by atoms with Crippen molar-refractivity contribution in [3.05, 3.63) is 23.8 Å². The van der Waals surface area contributed by atoms with Crippen LogP contribution in [0.2, 0.25) is 0 Å². The molecule has 0 unspecified atom stereocenters. The summed E-state index contributed by atoms with van der Waals surface area (Å²) in [6.45, 7) is 5.63. The van der Waals surface area contributed by atoms with E-state index in [1.165, 1.54) is 32.1 Å². The van der Waals surface area contributed by atoms with E-state index in [2.05, 4.69) is 25.2 Å². The van der Waals surface area contributed by atoms with Crippen LogP contribution in [0.1, 0.15) is 51.5 Å². The maximum absolute atomic E-state index is 9.43. The Bertz CT molecular complexity index is 510. The molecule has 0 bridgehead atoms. The second kappa shape index (κ2) is 7.22. The summed E-state index contributed by atoms with van der Waals surface area (Å²) in [5, 5.41) is 13.0. The number of nitrogens with one attached hydrogen (secondary N) is 1. The van der Waals surface area contributed by atoms with Gasteiger partial charge in [-0.25, -0.2) is 0 Å². The van der Waals surface area contributed by atoms with Gasteiger partial charge in [0.25, 0.3) is 0 Å². The van der Waals surface area contributed by atoms with E-state index in [-0.39, 0.29) is 0 Å². The first-order valence-corrected chi connectivity index (χ1v) is 9.14. The van der Waals surface area contributed by atoms with Gasteiger partial charge in [-0.15, -0.1) is 11.8 Å². The second-order valence-corrected chi connectivity index (χ2v) is 7.50. The van der Waals surface area contributed by atoms with Gasteiger partial charge in [0.05, 0.1) is 11.3 Å². The molecule has 1 aromatic rings. The zero-order valence-corrected chi connectivity index (χ0v) is 14.2. The highest BCUT2D eigenvalue weighted by Crippen LogP contribution is 2.43. The largest absolute Gasteiger partial charge is 0.383 e. The van der Waals surface area contributed by atoms with Gasteiger partial charge in [0.2, 0.25) is 0 Å². The van der Waals surface area contributed by atoms with E-state index in [1.807, 2.05) is 24.5 Å². The standard InChI is InChI=1S/C18H26N2S/c1-14(2)11-18(9-4-5-10-18)13-20-16-7-6-8-17(21-3)15(16)12-19/h6-8,14,20H,4-5,9-11,13H2,1-3H3. The van der Waals surface area contributed by atoms with E-state index in [0.717, 1.165) is 28.6 Å². The number of hydrogen-bond acceptors (Lipinski definition) is 3. The van der Waals surface area contributed by atoms with Crippen LogP contribution in [-0.2, 0) is 0 Å². The van der Waals surface area contributed by atoms with Crippen molar-refractivity contribution >= 4 is 17.4 Å². The van der Waals surface area contributed by atoms with Gasteiger partial charge in [-0.3, -0.25) is 0 Å². The predicted molar refractivity (Wildman–Crippen MR) is 91.8 cm³/mol. The summed E-state index contributed by atoms with van der Waals surface area (Å²) in [6.07, 6.45) is 8.65. The van der Waals surface area contributed by atoms with Crippen molar-refractivity contribution in [2.24, 2.45) is 11.3 Å². The number of benzene rings is 1. The van der Waals surface area contributed by atoms with Crippen LogP contribution in [0, 0.1) is 22.7 Å². The third-order valence-corrected chi connectivity index (χ3v) is 5.30. The highest BCUT2D eigenvalue weighted by Gasteiger charge is 2.34. The molecule has 1 aromatic carbocycles. The number of nitrogens with zero attached hydrogens (tertiary/aromatic N) is 1. The van der Waals surface area contributed by atoms with Crippen LogP contribution in [0.15, 0.2) is 23.1 Å². The summed E-state index contributed by atoms with van der Waals surface area (Å²) in [6, 6.07) is 8.46. The minimum atomic E-state index is 0.427. The van der Waals surface area contributed by atoms with Crippen molar-refractivity contribution in [3.63, 3.8) is 0 Å². The molecule has 0 amide bonds. The SMILES string of the molecule is CSc1cccc(NCC2(CC(C)C)CCCC2)c1C#N. The van der Waals surface area contributed by atoms with Crippen molar-refractivity contribution in [2.75, 3.05) is 18.1 Å². The first kappa shape index (κ1) is 16.2. The smallest absolute Gasteiger partial charge is 0.102 e. The van der Waals surface area contributed by atoms with Crippen LogP contribution in [0.5, 0.6) is 0 Å². The molecule has 114 valence electrons. The monoisotopic (exact) mass is 302 g/mol. The van der Waals surface area contributed by atoms with Gasteiger partial charge in [-0.2, -0.15) is 5.26 Å². The van der Waals surface area contributed by atoms with E-state index >= 15 is 0 Å². The average molecular weight is 302 g/mol. The van der Waals surface area contributed by atoms with Crippen LogP contribution in [0.4, 0.5) is 5.69 Å². The Morgan fingerprint density at radius 3 is 2.62 bits per heavy atom. The minimum absolute atomic E-state index is 0.427. The molecule has 1 aliphatic rings. The molecule has 2 rings (SSSR count). The summed E-state index contributed by atoms with van der Waals surface area (Å²) in [4.78, 5) is 1.06. The third-order valence-electron chi connectivity index (χ3n) is 4.52. The molecular weight excluding hydrogens is 276 g/mol. The summed E-state index contributed by atoms with van der Waals surface area (Å²) in [7, 11) is 0. The van der Waals surface area contributed by atoms with E-state index < -0.39 is 0 Å². The Morgan fingerprint density at radius 2 is 2.05 bits per heavy atom. The molecule has 0 atom stereocenters. The Balaban J connectivity index is 2.13.